The molecule has 0 saturated carbocycles. The lowest BCUT2D eigenvalue weighted by molar-refractivity contribution is -0.929. The van der Waals surface area contributed by atoms with Crippen LogP contribution in [0.25, 0.3) is 0 Å². The van der Waals surface area contributed by atoms with Gasteiger partial charge in [0.05, 0.1) is 45.4 Å². The average molecular weight is 499 g/mol. The second-order valence-electron chi connectivity index (χ2n) is 9.96. The van der Waals surface area contributed by atoms with Crippen LogP contribution in [0, 0.1) is 0 Å². The van der Waals surface area contributed by atoms with Crippen LogP contribution in [0.5, 0.6) is 0 Å². The van der Waals surface area contributed by atoms with Gasteiger partial charge in [-0.15, -0.1) is 0 Å². The van der Waals surface area contributed by atoms with Gasteiger partial charge in [0.15, 0.2) is 0 Å². The predicted octanol–water partition coefficient (Wildman–Crippen LogP) is 6.65. The Morgan fingerprint density at radius 2 is 0.857 bits per heavy atom. The van der Waals surface area contributed by atoms with Crippen LogP contribution in [0.15, 0.2) is 12.2 Å². The van der Waals surface area contributed by atoms with E-state index in [0.717, 1.165) is 38.6 Å². The van der Waals surface area contributed by atoms with Crippen molar-refractivity contribution >= 4 is 17.9 Å². The van der Waals surface area contributed by atoms with Gasteiger partial charge in [-0.05, 0) is 38.5 Å². The number of allylic oxidation sites excluding steroid dienone is 2. The molecule has 204 valence electrons. The van der Waals surface area contributed by atoms with Gasteiger partial charge in [-0.2, -0.15) is 0 Å². The summed E-state index contributed by atoms with van der Waals surface area (Å²) >= 11 is 0. The smallest absolute Gasteiger partial charge is 0.303 e. The van der Waals surface area contributed by atoms with Gasteiger partial charge < -0.3 is 19.8 Å². The molecule has 0 aromatic rings. The molecule has 0 unspecified atom stereocenters. The van der Waals surface area contributed by atoms with Crippen LogP contribution in [0.1, 0.15) is 122 Å². The third-order valence-electron chi connectivity index (χ3n) is 6.71. The molecule has 0 aliphatic carbocycles. The zero-order valence-corrected chi connectivity index (χ0v) is 22.2. The van der Waals surface area contributed by atoms with Crippen LogP contribution >= 0.6 is 0 Å². The number of rotatable bonds is 26. The summed E-state index contributed by atoms with van der Waals surface area (Å²) in [4.78, 5) is 33.1. The molecule has 0 fully saturated rings. The highest BCUT2D eigenvalue weighted by Crippen LogP contribution is 2.18. The maximum Gasteiger partial charge on any atom is 0.303 e. The van der Waals surface area contributed by atoms with E-state index >= 15 is 0 Å². The number of hydrogen-bond donors (Lipinski definition) is 3. The molecule has 7 heteroatoms. The van der Waals surface area contributed by atoms with Gasteiger partial charge >= 0.3 is 17.9 Å². The van der Waals surface area contributed by atoms with Gasteiger partial charge in [-0.25, -0.2) is 0 Å². The normalized spacial score (nSPS) is 11.8. The third-order valence-corrected chi connectivity index (χ3v) is 6.71. The van der Waals surface area contributed by atoms with Crippen LogP contribution in [0.2, 0.25) is 0 Å². The molecule has 0 heterocycles. The lowest BCUT2D eigenvalue weighted by Crippen LogP contribution is -2.51. The molecule has 7 nitrogen and oxygen atoms in total. The molecule has 0 spiro atoms. The predicted molar refractivity (Wildman–Crippen MR) is 141 cm³/mol. The van der Waals surface area contributed by atoms with Gasteiger partial charge in [-0.1, -0.05) is 57.6 Å². The zero-order chi connectivity index (χ0) is 26.2. The van der Waals surface area contributed by atoms with Gasteiger partial charge in [-0.3, -0.25) is 14.4 Å². The molecule has 0 aromatic heterocycles. The van der Waals surface area contributed by atoms with Crippen LogP contribution < -0.4 is 0 Å². The van der Waals surface area contributed by atoms with Crippen LogP contribution in [0.3, 0.4) is 0 Å². The topological polar surface area (TPSA) is 112 Å². The van der Waals surface area contributed by atoms with E-state index in [0.29, 0.717) is 43.4 Å². The SMILES string of the molecule is CCCCCCCCC/C=C/CCCCC[N+](CCCC(=O)O)(CCCC(=O)O)CCCC(=O)O. The van der Waals surface area contributed by atoms with Crippen molar-refractivity contribution in [3.63, 3.8) is 0 Å². The Balaban J connectivity index is 4.45. The Morgan fingerprint density at radius 1 is 0.514 bits per heavy atom. The number of carboxylic acid groups (broad SMARTS) is 3. The van der Waals surface area contributed by atoms with E-state index in [1.54, 1.807) is 0 Å². The van der Waals surface area contributed by atoms with E-state index in [2.05, 4.69) is 19.1 Å². The van der Waals surface area contributed by atoms with Crippen molar-refractivity contribution in [2.24, 2.45) is 0 Å². The largest absolute Gasteiger partial charge is 0.481 e. The first kappa shape index (κ1) is 33.1. The quantitative estimate of drug-likeness (QED) is 0.0699. The van der Waals surface area contributed by atoms with E-state index in [-0.39, 0.29) is 19.3 Å². The van der Waals surface area contributed by atoms with Crippen LogP contribution in [-0.2, 0) is 14.4 Å². The summed E-state index contributed by atoms with van der Waals surface area (Å²) in [5, 5.41) is 27.1. The van der Waals surface area contributed by atoms with Gasteiger partial charge in [0, 0.05) is 19.3 Å². The maximum atomic E-state index is 11.0. The molecule has 0 saturated heterocycles. The fourth-order valence-electron chi connectivity index (χ4n) is 4.71. The minimum absolute atomic E-state index is 0.0847. The number of quaternary nitrogens is 1. The van der Waals surface area contributed by atoms with Crippen molar-refractivity contribution in [2.75, 3.05) is 26.2 Å². The Morgan fingerprint density at radius 3 is 1.26 bits per heavy atom. The second-order valence-corrected chi connectivity index (χ2v) is 9.96. The number of unbranched alkanes of at least 4 members (excludes halogenated alkanes) is 10. The highest BCUT2D eigenvalue weighted by atomic mass is 16.4. The molecule has 35 heavy (non-hydrogen) atoms. The number of nitrogens with zero attached hydrogens (tertiary/aromatic N) is 1. The molecule has 0 aromatic carbocycles. The summed E-state index contributed by atoms with van der Waals surface area (Å²) in [6, 6.07) is 0. The molecule has 3 N–H and O–H groups in total. The van der Waals surface area contributed by atoms with Gasteiger partial charge in [0.25, 0.3) is 0 Å². The summed E-state index contributed by atoms with van der Waals surface area (Å²) < 4.78 is 0.627. The molecular weight excluding hydrogens is 446 g/mol. The van der Waals surface area contributed by atoms with E-state index in [1.165, 1.54) is 44.9 Å². The van der Waals surface area contributed by atoms with E-state index in [4.69, 9.17) is 15.3 Å². The monoisotopic (exact) mass is 498 g/mol. The standard InChI is InChI=1S/C28H51NO6/c1-2-3-4-5-6-7-8-9-10-11-12-13-14-15-22-29(23-16-19-26(30)31,24-17-20-27(32)33)25-18-21-28(34)35/h10-11H,2-9,12-25H2,1H3,(H2-,30,31,32,33,34,35)/p+1/b11-10+. The Hall–Kier alpha value is -1.89. The first-order valence-corrected chi connectivity index (χ1v) is 14.0. The minimum Gasteiger partial charge on any atom is -0.481 e. The number of carboxylic acids is 3. The molecule has 0 atom stereocenters. The van der Waals surface area contributed by atoms with E-state index in [1.807, 2.05) is 0 Å². The highest BCUT2D eigenvalue weighted by molar-refractivity contribution is 5.67. The Labute approximate surface area is 213 Å². The Kier molecular flexibility index (Phi) is 21.3. The maximum absolute atomic E-state index is 11.0. The lowest BCUT2D eigenvalue weighted by Gasteiger charge is -2.39. The first-order chi connectivity index (χ1) is 16.8. The second kappa shape index (κ2) is 22.6. The van der Waals surface area contributed by atoms with E-state index in [9.17, 15) is 14.4 Å². The van der Waals surface area contributed by atoms with Crippen molar-refractivity contribution in [1.82, 2.24) is 0 Å². The van der Waals surface area contributed by atoms with Crippen molar-refractivity contribution in [2.45, 2.75) is 122 Å². The van der Waals surface area contributed by atoms with Crippen molar-refractivity contribution in [1.29, 1.82) is 0 Å². The molecule has 0 bridgehead atoms. The fourth-order valence-corrected chi connectivity index (χ4v) is 4.71. The summed E-state index contributed by atoms with van der Waals surface area (Å²) in [7, 11) is 0. The highest BCUT2D eigenvalue weighted by Gasteiger charge is 2.27. The number of carbonyl (C=O) groups is 3. The Bertz CT molecular complexity index is 540. The van der Waals surface area contributed by atoms with Crippen molar-refractivity contribution < 1.29 is 34.2 Å². The molecule has 0 radical (unpaired) electrons. The van der Waals surface area contributed by atoms with Gasteiger partial charge in [0.1, 0.15) is 0 Å². The number of aliphatic carboxylic acids is 3. The minimum atomic E-state index is -0.831. The van der Waals surface area contributed by atoms with Crippen LogP contribution in [0.4, 0.5) is 0 Å². The molecule has 0 aliphatic rings. The van der Waals surface area contributed by atoms with Crippen LogP contribution in [-0.4, -0.2) is 63.9 Å². The summed E-state index contributed by atoms with van der Waals surface area (Å²) in [5.74, 6) is -2.49. The van der Waals surface area contributed by atoms with Crippen molar-refractivity contribution in [3.8, 4) is 0 Å². The zero-order valence-electron chi connectivity index (χ0n) is 22.2. The average Bonchev–Trinajstić information content (AvgIpc) is 2.78. The molecular formula is C28H52NO6+. The number of hydrogen-bond acceptors (Lipinski definition) is 3. The van der Waals surface area contributed by atoms with E-state index < -0.39 is 17.9 Å². The summed E-state index contributed by atoms with van der Waals surface area (Å²) in [6.07, 6.45) is 21.1. The molecule has 0 rings (SSSR count). The lowest BCUT2D eigenvalue weighted by atomic mass is 10.1. The summed E-state index contributed by atoms with van der Waals surface area (Å²) in [6.45, 7) is 5.06. The molecule has 0 amide bonds. The summed E-state index contributed by atoms with van der Waals surface area (Å²) in [5.41, 5.74) is 0. The third kappa shape index (κ3) is 22.3. The fraction of sp³-hybridized carbons (Fsp3) is 0.821. The van der Waals surface area contributed by atoms with Gasteiger partial charge in [0.2, 0.25) is 0 Å². The first-order valence-electron chi connectivity index (χ1n) is 14.0. The molecule has 0 aliphatic heterocycles. The van der Waals surface area contributed by atoms with Crippen molar-refractivity contribution in [3.05, 3.63) is 12.2 Å².